The van der Waals surface area contributed by atoms with Crippen LogP contribution >= 0.6 is 15.9 Å². The van der Waals surface area contributed by atoms with Crippen molar-refractivity contribution in [1.29, 1.82) is 0 Å². The molecule has 1 aromatic carbocycles. The van der Waals surface area contributed by atoms with E-state index in [1.807, 2.05) is 24.3 Å². The lowest BCUT2D eigenvalue weighted by Crippen LogP contribution is -2.43. The van der Waals surface area contributed by atoms with Gasteiger partial charge in [-0.1, -0.05) is 34.1 Å². The lowest BCUT2D eigenvalue weighted by molar-refractivity contribution is -0.0514. The molecule has 1 saturated carbocycles. The first-order valence-corrected chi connectivity index (χ1v) is 6.14. The van der Waals surface area contributed by atoms with Gasteiger partial charge in [0.25, 0.3) is 0 Å². The molecule has 0 aromatic heterocycles. The number of benzene rings is 1. The minimum Gasteiger partial charge on any atom is -0.321 e. The first-order valence-electron chi connectivity index (χ1n) is 5.35. The Hall–Kier alpha value is -0.480. The monoisotopic (exact) mass is 289 g/mol. The van der Waals surface area contributed by atoms with Crippen LogP contribution in [0, 0.1) is 0 Å². The maximum atomic E-state index is 13.1. The van der Waals surface area contributed by atoms with Crippen LogP contribution in [-0.4, -0.2) is 5.92 Å². The molecule has 0 saturated heterocycles. The van der Waals surface area contributed by atoms with Crippen molar-refractivity contribution in [3.63, 3.8) is 0 Å². The van der Waals surface area contributed by atoms with E-state index in [0.29, 0.717) is 12.8 Å². The van der Waals surface area contributed by atoms with E-state index in [9.17, 15) is 8.78 Å². The number of hydrogen-bond acceptors (Lipinski definition) is 1. The van der Waals surface area contributed by atoms with Gasteiger partial charge in [-0.25, -0.2) is 8.78 Å². The zero-order valence-electron chi connectivity index (χ0n) is 8.85. The highest BCUT2D eigenvalue weighted by molar-refractivity contribution is 9.10. The van der Waals surface area contributed by atoms with Crippen molar-refractivity contribution in [2.45, 2.75) is 37.1 Å². The van der Waals surface area contributed by atoms with Gasteiger partial charge in [-0.15, -0.1) is 0 Å². The number of rotatable bonds is 1. The van der Waals surface area contributed by atoms with Crippen LogP contribution in [-0.2, 0) is 5.54 Å². The van der Waals surface area contributed by atoms with Gasteiger partial charge < -0.3 is 5.73 Å². The fraction of sp³-hybridized carbons (Fsp3) is 0.500. The van der Waals surface area contributed by atoms with Crippen LogP contribution in [0.5, 0.6) is 0 Å². The van der Waals surface area contributed by atoms with Gasteiger partial charge in [0.2, 0.25) is 5.92 Å². The van der Waals surface area contributed by atoms with Gasteiger partial charge in [-0.05, 0) is 24.5 Å². The van der Waals surface area contributed by atoms with E-state index in [4.69, 9.17) is 5.73 Å². The van der Waals surface area contributed by atoms with Gasteiger partial charge in [0.1, 0.15) is 0 Å². The van der Waals surface area contributed by atoms with Crippen molar-refractivity contribution in [3.8, 4) is 0 Å². The van der Waals surface area contributed by atoms with Crippen molar-refractivity contribution in [2.75, 3.05) is 0 Å². The standard InChI is InChI=1S/C12H14BrF2N/c13-10-4-2-1-3-9(10)11(16)5-7-12(14,15)8-6-11/h1-4H,5-8,16H2. The normalized spacial score (nSPS) is 23.0. The van der Waals surface area contributed by atoms with Gasteiger partial charge in [-0.3, -0.25) is 0 Å². The summed E-state index contributed by atoms with van der Waals surface area (Å²) in [7, 11) is 0. The summed E-state index contributed by atoms with van der Waals surface area (Å²) >= 11 is 3.43. The highest BCUT2D eigenvalue weighted by atomic mass is 79.9. The summed E-state index contributed by atoms with van der Waals surface area (Å²) in [5.41, 5.74) is 6.57. The van der Waals surface area contributed by atoms with E-state index in [2.05, 4.69) is 15.9 Å². The Morgan fingerprint density at radius 2 is 1.62 bits per heavy atom. The molecule has 1 aliphatic rings. The molecule has 2 rings (SSSR count). The summed E-state index contributed by atoms with van der Waals surface area (Å²) in [6, 6.07) is 7.60. The van der Waals surface area contributed by atoms with Gasteiger partial charge in [0.15, 0.2) is 0 Å². The lowest BCUT2D eigenvalue weighted by atomic mass is 9.76. The Kier molecular flexibility index (Phi) is 3.05. The molecule has 0 bridgehead atoms. The second-order valence-corrected chi connectivity index (χ2v) is 5.35. The Bertz CT molecular complexity index is 382. The van der Waals surface area contributed by atoms with Gasteiger partial charge >= 0.3 is 0 Å². The van der Waals surface area contributed by atoms with Gasteiger partial charge in [-0.2, -0.15) is 0 Å². The average Bonchev–Trinajstić information content (AvgIpc) is 2.24. The Morgan fingerprint density at radius 3 is 2.19 bits per heavy atom. The molecule has 0 radical (unpaired) electrons. The third kappa shape index (κ3) is 2.28. The van der Waals surface area contributed by atoms with Crippen LogP contribution in [0.15, 0.2) is 28.7 Å². The summed E-state index contributed by atoms with van der Waals surface area (Å²) in [4.78, 5) is 0. The third-order valence-corrected chi connectivity index (χ3v) is 3.98. The number of halogens is 3. The van der Waals surface area contributed by atoms with Crippen LogP contribution < -0.4 is 5.73 Å². The van der Waals surface area contributed by atoms with Crippen molar-refractivity contribution in [2.24, 2.45) is 5.73 Å². The molecule has 1 nitrogen and oxygen atoms in total. The predicted molar refractivity (Wildman–Crippen MR) is 63.4 cm³/mol. The molecule has 0 heterocycles. The largest absolute Gasteiger partial charge is 0.321 e. The summed E-state index contributed by atoms with van der Waals surface area (Å²) in [6.45, 7) is 0. The number of alkyl halides is 2. The molecule has 0 aliphatic heterocycles. The van der Waals surface area contributed by atoms with Crippen LogP contribution in [0.3, 0.4) is 0 Å². The Morgan fingerprint density at radius 1 is 1.06 bits per heavy atom. The van der Waals surface area contributed by atoms with E-state index in [1.165, 1.54) is 0 Å². The highest BCUT2D eigenvalue weighted by Crippen LogP contribution is 2.43. The zero-order chi connectivity index (χ0) is 11.8. The highest BCUT2D eigenvalue weighted by Gasteiger charge is 2.42. The molecule has 88 valence electrons. The van der Waals surface area contributed by atoms with E-state index in [0.717, 1.165) is 10.0 Å². The van der Waals surface area contributed by atoms with Crippen LogP contribution in [0.1, 0.15) is 31.2 Å². The van der Waals surface area contributed by atoms with Crippen LogP contribution in [0.2, 0.25) is 0 Å². The number of nitrogens with two attached hydrogens (primary N) is 1. The SMILES string of the molecule is NC1(c2ccccc2Br)CCC(F)(F)CC1. The molecule has 1 fully saturated rings. The Balaban J connectivity index is 2.25. The molecule has 16 heavy (non-hydrogen) atoms. The van der Waals surface area contributed by atoms with Crippen molar-refractivity contribution in [3.05, 3.63) is 34.3 Å². The average molecular weight is 290 g/mol. The molecule has 0 amide bonds. The molecular formula is C12H14BrF2N. The minimum atomic E-state index is -2.54. The zero-order valence-corrected chi connectivity index (χ0v) is 10.4. The van der Waals surface area contributed by atoms with Crippen LogP contribution in [0.4, 0.5) is 8.78 Å². The fourth-order valence-electron chi connectivity index (χ4n) is 2.20. The fourth-order valence-corrected chi connectivity index (χ4v) is 2.88. The topological polar surface area (TPSA) is 26.0 Å². The molecule has 4 heteroatoms. The van der Waals surface area contributed by atoms with Crippen molar-refractivity contribution >= 4 is 15.9 Å². The number of hydrogen-bond donors (Lipinski definition) is 1. The second kappa shape index (κ2) is 4.08. The molecule has 0 unspecified atom stereocenters. The first-order chi connectivity index (χ1) is 7.43. The van der Waals surface area contributed by atoms with E-state index in [1.54, 1.807) is 0 Å². The maximum Gasteiger partial charge on any atom is 0.248 e. The molecule has 1 aliphatic carbocycles. The maximum absolute atomic E-state index is 13.1. The first kappa shape index (κ1) is 12.0. The van der Waals surface area contributed by atoms with E-state index >= 15 is 0 Å². The summed E-state index contributed by atoms with van der Waals surface area (Å²) in [5.74, 6) is -2.54. The van der Waals surface area contributed by atoms with Crippen molar-refractivity contribution < 1.29 is 8.78 Å². The van der Waals surface area contributed by atoms with Gasteiger partial charge in [0, 0.05) is 22.9 Å². The molecule has 0 atom stereocenters. The summed E-state index contributed by atoms with van der Waals surface area (Å²) in [6.07, 6.45) is 0.431. The minimum absolute atomic E-state index is 0.120. The van der Waals surface area contributed by atoms with E-state index < -0.39 is 11.5 Å². The summed E-state index contributed by atoms with van der Waals surface area (Å²) in [5, 5.41) is 0. The molecule has 1 aromatic rings. The van der Waals surface area contributed by atoms with Crippen molar-refractivity contribution in [1.82, 2.24) is 0 Å². The van der Waals surface area contributed by atoms with E-state index in [-0.39, 0.29) is 12.8 Å². The second-order valence-electron chi connectivity index (χ2n) is 4.49. The van der Waals surface area contributed by atoms with Crippen LogP contribution in [0.25, 0.3) is 0 Å². The molecule has 0 spiro atoms. The quantitative estimate of drug-likeness (QED) is 0.836. The molecular weight excluding hydrogens is 276 g/mol. The Labute approximate surface area is 102 Å². The lowest BCUT2D eigenvalue weighted by Gasteiger charge is -2.38. The van der Waals surface area contributed by atoms with Gasteiger partial charge in [0.05, 0.1) is 0 Å². The summed E-state index contributed by atoms with van der Waals surface area (Å²) < 4.78 is 27.1. The molecule has 2 N–H and O–H groups in total. The predicted octanol–water partition coefficient (Wildman–Crippen LogP) is 3.81. The third-order valence-electron chi connectivity index (χ3n) is 3.28. The smallest absolute Gasteiger partial charge is 0.248 e.